The second-order valence-electron chi connectivity index (χ2n) is 7.89. The third-order valence-corrected chi connectivity index (χ3v) is 5.77. The van der Waals surface area contributed by atoms with Crippen molar-refractivity contribution in [3.8, 4) is 28.6 Å². The van der Waals surface area contributed by atoms with Gasteiger partial charge in [0.05, 0.1) is 24.6 Å². The summed E-state index contributed by atoms with van der Waals surface area (Å²) in [6.07, 6.45) is 2.78. The Morgan fingerprint density at radius 1 is 0.971 bits per heavy atom. The topological polar surface area (TPSA) is 75.0 Å². The fourth-order valence-electron chi connectivity index (χ4n) is 3.84. The minimum absolute atomic E-state index is 0.0889. The normalized spacial score (nSPS) is 11.1. The van der Waals surface area contributed by atoms with Crippen LogP contribution in [0.4, 0.5) is 0 Å². The molecule has 7 heteroatoms. The number of carbonyl (C=O) groups excluding carboxylic acids is 1. The minimum Gasteiger partial charge on any atom is -0.493 e. The molecule has 3 aromatic carbocycles. The lowest BCUT2D eigenvalue weighted by atomic mass is 10.0. The number of fused-ring (bicyclic) bond motifs is 1. The number of halogens is 1. The number of esters is 1. The van der Waals surface area contributed by atoms with Crippen LogP contribution in [0.1, 0.15) is 16.7 Å². The highest BCUT2D eigenvalue weighted by atomic mass is 35.5. The van der Waals surface area contributed by atoms with Crippen LogP contribution in [0.5, 0.6) is 17.2 Å². The van der Waals surface area contributed by atoms with Crippen molar-refractivity contribution in [2.45, 2.75) is 13.8 Å². The van der Waals surface area contributed by atoms with Gasteiger partial charge in [-0.25, -0.2) is 4.79 Å². The van der Waals surface area contributed by atoms with E-state index >= 15 is 0 Å². The molecule has 0 N–H and O–H groups in total. The quantitative estimate of drug-likeness (QED) is 0.231. The monoisotopic (exact) mass is 490 g/mol. The molecule has 178 valence electrons. The van der Waals surface area contributed by atoms with Crippen LogP contribution in [-0.4, -0.2) is 20.2 Å². The van der Waals surface area contributed by atoms with E-state index in [2.05, 4.69) is 0 Å². The Morgan fingerprint density at radius 2 is 1.71 bits per heavy atom. The van der Waals surface area contributed by atoms with Crippen LogP contribution in [-0.2, 0) is 4.79 Å². The Balaban J connectivity index is 1.78. The molecular weight excluding hydrogens is 468 g/mol. The average molecular weight is 491 g/mol. The van der Waals surface area contributed by atoms with E-state index in [9.17, 15) is 9.59 Å². The van der Waals surface area contributed by atoms with Crippen molar-refractivity contribution >= 4 is 34.6 Å². The Bertz CT molecular complexity index is 1520. The van der Waals surface area contributed by atoms with Crippen LogP contribution in [0, 0.1) is 13.8 Å². The van der Waals surface area contributed by atoms with E-state index in [-0.39, 0.29) is 11.5 Å². The van der Waals surface area contributed by atoms with Gasteiger partial charge in [0.1, 0.15) is 5.58 Å². The fourth-order valence-corrected chi connectivity index (χ4v) is 4.07. The highest BCUT2D eigenvalue weighted by Gasteiger charge is 2.22. The van der Waals surface area contributed by atoms with Crippen molar-refractivity contribution in [2.24, 2.45) is 0 Å². The molecule has 0 radical (unpaired) electrons. The van der Waals surface area contributed by atoms with Gasteiger partial charge in [0.2, 0.25) is 11.2 Å². The van der Waals surface area contributed by atoms with Crippen LogP contribution in [0.3, 0.4) is 0 Å². The van der Waals surface area contributed by atoms with Gasteiger partial charge in [-0.1, -0.05) is 35.9 Å². The molecule has 35 heavy (non-hydrogen) atoms. The number of benzene rings is 3. The Kier molecular flexibility index (Phi) is 6.94. The molecule has 0 aliphatic rings. The number of hydrogen-bond donors (Lipinski definition) is 0. The molecule has 0 saturated heterocycles. The minimum atomic E-state index is -0.746. The largest absolute Gasteiger partial charge is 0.493 e. The Labute approximate surface area is 207 Å². The van der Waals surface area contributed by atoms with Gasteiger partial charge in [0.15, 0.2) is 17.3 Å². The SMILES string of the molecule is COc1ccc(/C=C/C(=O)Oc2c(-c3ccccc3Cl)oc3cc(C)cc(C)c3c2=O)cc1OC. The first kappa shape index (κ1) is 24.1. The maximum absolute atomic E-state index is 13.5. The van der Waals surface area contributed by atoms with E-state index < -0.39 is 11.4 Å². The standard InChI is InChI=1S/C28H23ClO6/c1-16-13-17(2)25-23(14-16)34-27(19-7-5-6-8-20(19)29)28(26(25)31)35-24(30)12-10-18-9-11-21(32-3)22(15-18)33-4/h5-15H,1-4H3/b12-10+. The lowest BCUT2D eigenvalue weighted by Gasteiger charge is -2.12. The summed E-state index contributed by atoms with van der Waals surface area (Å²) in [5, 5.41) is 0.704. The Morgan fingerprint density at radius 3 is 2.43 bits per heavy atom. The summed E-state index contributed by atoms with van der Waals surface area (Å²) in [6, 6.07) is 15.7. The third kappa shape index (κ3) is 4.93. The lowest BCUT2D eigenvalue weighted by molar-refractivity contribution is -0.129. The average Bonchev–Trinajstić information content (AvgIpc) is 2.84. The van der Waals surface area contributed by atoms with Crippen LogP contribution in [0.2, 0.25) is 5.02 Å². The predicted molar refractivity (Wildman–Crippen MR) is 137 cm³/mol. The van der Waals surface area contributed by atoms with Crippen LogP contribution in [0.15, 0.2) is 69.9 Å². The first-order chi connectivity index (χ1) is 16.8. The van der Waals surface area contributed by atoms with E-state index in [1.165, 1.54) is 13.2 Å². The number of rotatable bonds is 6. The lowest BCUT2D eigenvalue weighted by Crippen LogP contribution is -2.15. The van der Waals surface area contributed by atoms with Crippen molar-refractivity contribution in [2.75, 3.05) is 14.2 Å². The molecule has 1 aromatic heterocycles. The summed E-state index contributed by atoms with van der Waals surface area (Å²) in [5.74, 6) is 0.205. The van der Waals surface area contributed by atoms with Gasteiger partial charge < -0.3 is 18.6 Å². The molecule has 0 atom stereocenters. The molecule has 0 aliphatic carbocycles. The van der Waals surface area contributed by atoms with Gasteiger partial charge in [-0.3, -0.25) is 4.79 Å². The van der Waals surface area contributed by atoms with E-state index in [0.29, 0.717) is 38.6 Å². The van der Waals surface area contributed by atoms with Gasteiger partial charge in [0.25, 0.3) is 0 Å². The molecule has 0 unspecified atom stereocenters. The van der Waals surface area contributed by atoms with Gasteiger partial charge in [-0.05, 0) is 66.9 Å². The van der Waals surface area contributed by atoms with Gasteiger partial charge in [0, 0.05) is 11.6 Å². The summed E-state index contributed by atoms with van der Waals surface area (Å²) in [7, 11) is 3.07. The molecule has 0 spiro atoms. The summed E-state index contributed by atoms with van der Waals surface area (Å²) in [6.45, 7) is 3.72. The molecule has 4 aromatic rings. The van der Waals surface area contributed by atoms with Crippen LogP contribution in [0.25, 0.3) is 28.4 Å². The van der Waals surface area contributed by atoms with E-state index in [4.69, 9.17) is 30.2 Å². The summed E-state index contributed by atoms with van der Waals surface area (Å²) in [4.78, 5) is 26.3. The highest BCUT2D eigenvalue weighted by molar-refractivity contribution is 6.33. The van der Waals surface area contributed by atoms with E-state index in [0.717, 1.165) is 11.1 Å². The molecular formula is C28H23ClO6. The molecule has 0 aliphatic heterocycles. The maximum atomic E-state index is 13.5. The smallest absolute Gasteiger partial charge is 0.336 e. The fraction of sp³-hybridized carbons (Fsp3) is 0.143. The summed E-state index contributed by atoms with van der Waals surface area (Å²) < 4.78 is 22.2. The zero-order valence-electron chi connectivity index (χ0n) is 19.7. The molecule has 0 saturated carbocycles. The van der Waals surface area contributed by atoms with Crippen molar-refractivity contribution in [1.82, 2.24) is 0 Å². The van der Waals surface area contributed by atoms with Gasteiger partial charge in [-0.15, -0.1) is 0 Å². The first-order valence-corrected chi connectivity index (χ1v) is 11.1. The number of carbonyl (C=O) groups is 1. The van der Waals surface area contributed by atoms with Crippen molar-refractivity contribution in [3.63, 3.8) is 0 Å². The molecule has 4 rings (SSSR count). The summed E-state index contributed by atoms with van der Waals surface area (Å²) >= 11 is 6.39. The van der Waals surface area contributed by atoms with Gasteiger partial charge in [-0.2, -0.15) is 0 Å². The van der Waals surface area contributed by atoms with E-state index in [1.807, 2.05) is 19.9 Å². The van der Waals surface area contributed by atoms with Crippen LogP contribution < -0.4 is 19.6 Å². The van der Waals surface area contributed by atoms with E-state index in [1.54, 1.807) is 61.7 Å². The second-order valence-corrected chi connectivity index (χ2v) is 8.30. The van der Waals surface area contributed by atoms with Crippen LogP contribution >= 0.6 is 11.6 Å². The summed E-state index contributed by atoms with van der Waals surface area (Å²) in [5.41, 5.74) is 2.72. The molecule has 0 amide bonds. The van der Waals surface area contributed by atoms with Crippen molar-refractivity contribution < 1.29 is 23.4 Å². The zero-order chi connectivity index (χ0) is 25.1. The van der Waals surface area contributed by atoms with Gasteiger partial charge >= 0.3 is 5.97 Å². The highest BCUT2D eigenvalue weighted by Crippen LogP contribution is 2.36. The third-order valence-electron chi connectivity index (χ3n) is 5.44. The molecule has 0 bridgehead atoms. The second kappa shape index (κ2) is 10.1. The number of hydrogen-bond acceptors (Lipinski definition) is 6. The number of aryl methyl sites for hydroxylation is 2. The Hall–Kier alpha value is -4.03. The number of ether oxygens (including phenoxy) is 3. The first-order valence-electron chi connectivity index (χ1n) is 10.8. The molecule has 6 nitrogen and oxygen atoms in total. The predicted octanol–water partition coefficient (Wildman–Crippen LogP) is 6.37. The maximum Gasteiger partial charge on any atom is 0.336 e. The molecule has 1 heterocycles. The van der Waals surface area contributed by atoms with Crippen molar-refractivity contribution in [3.05, 3.63) is 92.6 Å². The zero-order valence-corrected chi connectivity index (χ0v) is 20.4. The molecule has 0 fully saturated rings. The van der Waals surface area contributed by atoms with Crippen molar-refractivity contribution in [1.29, 1.82) is 0 Å². The number of methoxy groups -OCH3 is 2.